The van der Waals surface area contributed by atoms with Gasteiger partial charge < -0.3 is 30.5 Å². The molecule has 1 aliphatic heterocycles. The molecule has 0 aliphatic carbocycles. The van der Waals surface area contributed by atoms with Gasteiger partial charge in [0.2, 0.25) is 0 Å². The number of amides is 1. The second-order valence-corrected chi connectivity index (χ2v) is 12.4. The summed E-state index contributed by atoms with van der Waals surface area (Å²) in [6, 6.07) is 19.9. The summed E-state index contributed by atoms with van der Waals surface area (Å²) in [5.41, 5.74) is 3.56. The molecule has 1 amide bonds. The van der Waals surface area contributed by atoms with Crippen molar-refractivity contribution in [3.05, 3.63) is 83.4 Å². The van der Waals surface area contributed by atoms with Crippen LogP contribution in [0.2, 0.25) is 0 Å². The van der Waals surface area contributed by atoms with Crippen molar-refractivity contribution in [2.45, 2.75) is 38.5 Å². The van der Waals surface area contributed by atoms with Crippen molar-refractivity contribution in [3.8, 4) is 11.5 Å². The average molecular weight is 635 g/mol. The van der Waals surface area contributed by atoms with Gasteiger partial charge in [-0.15, -0.1) is 23.2 Å². The van der Waals surface area contributed by atoms with Gasteiger partial charge in [-0.25, -0.2) is 0 Å². The standard InChI is InChI=1S/C31H42N4O6S.ClH/c1-4-33-25-16-24(17-26(18-25)35-11-8-12-42(35,38)39)31(37)34-29(15-22-9-6-5-7-10-22)30(36)21-32-20-23-13-27(40-2)19-28(14-23)41-3;/h5-7,9-10,13-14,16-19,29-30,32-33,36,38-39H,4,8,11-12,15,20-21H2,1-3H3,(H,34,37);1H/t29-,30+;/m0./s1. The highest BCUT2D eigenvalue weighted by molar-refractivity contribution is 8.25. The maximum Gasteiger partial charge on any atom is 0.251 e. The Morgan fingerprint density at radius 1 is 1.00 bits per heavy atom. The molecule has 236 valence electrons. The number of aliphatic hydroxyl groups excluding tert-OH is 1. The minimum atomic E-state index is -2.92. The summed E-state index contributed by atoms with van der Waals surface area (Å²) < 4.78 is 33.4. The normalized spacial score (nSPS) is 16.0. The molecule has 10 nitrogen and oxygen atoms in total. The molecule has 0 saturated carbocycles. The fraction of sp³-hybridized carbons (Fsp3) is 0.387. The largest absolute Gasteiger partial charge is 0.497 e. The zero-order valence-corrected chi connectivity index (χ0v) is 26.4. The number of carbonyl (C=O) groups excluding carboxylic acids is 1. The molecule has 0 unspecified atom stereocenters. The van der Waals surface area contributed by atoms with Gasteiger partial charge >= 0.3 is 0 Å². The number of nitrogens with zero attached hydrogens (tertiary/aromatic N) is 1. The van der Waals surface area contributed by atoms with Crippen LogP contribution >= 0.6 is 23.2 Å². The lowest BCUT2D eigenvalue weighted by Crippen LogP contribution is -2.48. The van der Waals surface area contributed by atoms with Crippen LogP contribution in [-0.4, -0.2) is 71.9 Å². The highest BCUT2D eigenvalue weighted by Gasteiger charge is 2.30. The monoisotopic (exact) mass is 634 g/mol. The quantitative estimate of drug-likeness (QED) is 0.146. The highest BCUT2D eigenvalue weighted by Crippen LogP contribution is 2.51. The number of methoxy groups -OCH3 is 2. The van der Waals surface area contributed by atoms with E-state index in [4.69, 9.17) is 9.47 Å². The Labute approximate surface area is 261 Å². The van der Waals surface area contributed by atoms with Crippen LogP contribution in [-0.2, 0) is 13.0 Å². The molecular formula is C31H43ClN4O6S. The number of benzene rings is 3. The van der Waals surface area contributed by atoms with Crippen LogP contribution in [0.3, 0.4) is 0 Å². The summed E-state index contributed by atoms with van der Waals surface area (Å²) in [6.07, 6.45) is 0.189. The molecule has 4 rings (SSSR count). The van der Waals surface area contributed by atoms with Gasteiger partial charge in [0.1, 0.15) is 11.5 Å². The molecule has 3 aromatic rings. The first-order chi connectivity index (χ1) is 20.2. The van der Waals surface area contributed by atoms with Crippen LogP contribution in [0.1, 0.15) is 34.8 Å². The Bertz CT molecular complexity index is 1310. The number of hydrogen-bond acceptors (Lipinski definition) is 9. The second kappa shape index (κ2) is 16.0. The van der Waals surface area contributed by atoms with Crippen LogP contribution in [0.15, 0.2) is 66.7 Å². The third-order valence-corrected chi connectivity index (χ3v) is 9.09. The molecule has 1 saturated heterocycles. The van der Waals surface area contributed by atoms with Crippen molar-refractivity contribution in [2.24, 2.45) is 0 Å². The topological polar surface area (TPSA) is 136 Å². The number of aliphatic hydroxyl groups is 1. The predicted octanol–water partition coefficient (Wildman–Crippen LogP) is 4.92. The first-order valence-corrected chi connectivity index (χ1v) is 15.8. The van der Waals surface area contributed by atoms with E-state index in [0.717, 1.165) is 11.1 Å². The van der Waals surface area contributed by atoms with E-state index in [9.17, 15) is 19.0 Å². The molecule has 12 heteroatoms. The maximum atomic E-state index is 13.6. The van der Waals surface area contributed by atoms with Crippen molar-refractivity contribution in [1.29, 1.82) is 0 Å². The minimum Gasteiger partial charge on any atom is -0.497 e. The smallest absolute Gasteiger partial charge is 0.251 e. The van der Waals surface area contributed by atoms with Crippen LogP contribution in [0, 0.1) is 0 Å². The molecule has 0 spiro atoms. The molecule has 3 aromatic carbocycles. The molecule has 0 bridgehead atoms. The second-order valence-electron chi connectivity index (χ2n) is 10.3. The molecule has 2 atom stereocenters. The number of rotatable bonds is 14. The van der Waals surface area contributed by atoms with Gasteiger partial charge in [0.15, 0.2) is 0 Å². The minimum absolute atomic E-state index is 0. The summed E-state index contributed by atoms with van der Waals surface area (Å²) in [5.74, 6) is 1.30. The molecular weight excluding hydrogens is 592 g/mol. The number of halogens is 1. The van der Waals surface area contributed by atoms with E-state index in [1.54, 1.807) is 36.7 Å². The number of nitrogens with one attached hydrogen (secondary N) is 3. The van der Waals surface area contributed by atoms with Crippen LogP contribution in [0.4, 0.5) is 11.4 Å². The van der Waals surface area contributed by atoms with E-state index >= 15 is 0 Å². The van der Waals surface area contributed by atoms with E-state index < -0.39 is 22.9 Å². The van der Waals surface area contributed by atoms with Crippen molar-refractivity contribution in [3.63, 3.8) is 0 Å². The predicted molar refractivity (Wildman–Crippen MR) is 176 cm³/mol. The van der Waals surface area contributed by atoms with Crippen molar-refractivity contribution >= 4 is 40.5 Å². The summed E-state index contributed by atoms with van der Waals surface area (Å²) >= 11 is 0. The lowest BCUT2D eigenvalue weighted by atomic mass is 10.00. The van der Waals surface area contributed by atoms with Gasteiger partial charge in [0.05, 0.1) is 37.8 Å². The van der Waals surface area contributed by atoms with E-state index in [-0.39, 0.29) is 24.9 Å². The van der Waals surface area contributed by atoms with E-state index in [1.165, 1.54) is 0 Å². The lowest BCUT2D eigenvalue weighted by molar-refractivity contribution is 0.0830. The number of hydrogen-bond donors (Lipinski definition) is 6. The van der Waals surface area contributed by atoms with E-state index in [2.05, 4.69) is 16.0 Å². The number of anilines is 2. The van der Waals surface area contributed by atoms with Gasteiger partial charge in [0.25, 0.3) is 5.91 Å². The van der Waals surface area contributed by atoms with Gasteiger partial charge in [-0.05, 0) is 61.2 Å². The third kappa shape index (κ3) is 9.40. The Morgan fingerprint density at radius 2 is 1.70 bits per heavy atom. The van der Waals surface area contributed by atoms with Gasteiger partial charge in [-0.3, -0.25) is 18.2 Å². The molecule has 6 N–H and O–H groups in total. The first kappa shape index (κ1) is 34.3. The maximum absolute atomic E-state index is 13.6. The number of ether oxygens (including phenoxy) is 2. The van der Waals surface area contributed by atoms with Crippen LogP contribution in [0.25, 0.3) is 0 Å². The zero-order chi connectivity index (χ0) is 30.1. The fourth-order valence-corrected chi connectivity index (χ4v) is 6.63. The third-order valence-electron chi connectivity index (χ3n) is 7.15. The Balaban J connectivity index is 0.00000506. The summed E-state index contributed by atoms with van der Waals surface area (Å²) in [5, 5.41) is 20.8. The molecule has 43 heavy (non-hydrogen) atoms. The van der Waals surface area contributed by atoms with E-state index in [1.807, 2.05) is 55.5 Å². The van der Waals surface area contributed by atoms with Crippen LogP contribution < -0.4 is 29.7 Å². The molecule has 0 aromatic heterocycles. The fourth-order valence-electron chi connectivity index (χ4n) is 5.03. The Morgan fingerprint density at radius 3 is 2.30 bits per heavy atom. The Kier molecular flexibility index (Phi) is 12.8. The average Bonchev–Trinajstić information content (AvgIpc) is 3.35. The first-order valence-electron chi connectivity index (χ1n) is 14.1. The van der Waals surface area contributed by atoms with Gasteiger partial charge in [-0.2, -0.15) is 0 Å². The molecule has 1 aliphatic rings. The van der Waals surface area contributed by atoms with Gasteiger partial charge in [-0.1, -0.05) is 30.3 Å². The van der Waals surface area contributed by atoms with Crippen LogP contribution in [0.5, 0.6) is 11.5 Å². The number of carbonyl (C=O) groups is 1. The van der Waals surface area contributed by atoms with Crippen molar-refractivity contribution in [2.75, 3.05) is 49.2 Å². The van der Waals surface area contributed by atoms with Gasteiger partial charge in [0, 0.05) is 43.5 Å². The highest BCUT2D eigenvalue weighted by atomic mass is 35.5. The van der Waals surface area contributed by atoms with E-state index in [0.29, 0.717) is 66.7 Å². The molecule has 0 radical (unpaired) electrons. The molecule has 1 heterocycles. The summed E-state index contributed by atoms with van der Waals surface area (Å²) in [4.78, 5) is 13.6. The zero-order valence-electron chi connectivity index (χ0n) is 24.8. The summed E-state index contributed by atoms with van der Waals surface area (Å²) in [7, 11) is 0.270. The lowest BCUT2D eigenvalue weighted by Gasteiger charge is -2.38. The Hall–Kier alpha value is -3.19. The molecule has 1 fully saturated rings. The SMILES string of the molecule is CCNc1cc(C(=O)N[C@@H](Cc2ccccc2)[C@H](O)CNCc2cc(OC)cc(OC)c2)cc(N2CCCS2(O)O)c1.Cl. The van der Waals surface area contributed by atoms with Crippen molar-refractivity contribution in [1.82, 2.24) is 10.6 Å². The van der Waals surface area contributed by atoms with Crippen molar-refractivity contribution < 1.29 is 28.5 Å². The summed E-state index contributed by atoms with van der Waals surface area (Å²) in [6.45, 7) is 3.79.